The molecule has 2 N–H and O–H groups in total. The zero-order valence-corrected chi connectivity index (χ0v) is 7.64. The number of hydrogen-bond donors (Lipinski definition) is 1. The molecular formula is C10H13N3. The van der Waals surface area contributed by atoms with Crippen molar-refractivity contribution in [1.82, 2.24) is 9.61 Å². The van der Waals surface area contributed by atoms with Crippen LogP contribution >= 0.6 is 0 Å². The van der Waals surface area contributed by atoms with Crippen molar-refractivity contribution in [2.45, 2.75) is 19.4 Å². The van der Waals surface area contributed by atoms with Crippen LogP contribution in [-0.2, 0) is 0 Å². The fourth-order valence-electron chi connectivity index (χ4n) is 1.46. The van der Waals surface area contributed by atoms with Crippen LogP contribution in [0.15, 0.2) is 30.6 Å². The molecule has 0 fully saturated rings. The van der Waals surface area contributed by atoms with Gasteiger partial charge < -0.3 is 5.73 Å². The Hall–Kier alpha value is -1.35. The molecule has 2 rings (SSSR count). The molecule has 1 atom stereocenters. The topological polar surface area (TPSA) is 43.3 Å². The molecule has 0 aliphatic rings. The SMILES string of the molecule is CCC(N)c1cnn2ccccc12. The van der Waals surface area contributed by atoms with Crippen LogP contribution in [0.4, 0.5) is 0 Å². The maximum absolute atomic E-state index is 5.95. The van der Waals surface area contributed by atoms with Crippen LogP contribution in [0.2, 0.25) is 0 Å². The van der Waals surface area contributed by atoms with Gasteiger partial charge in [-0.3, -0.25) is 0 Å². The Morgan fingerprint density at radius 2 is 2.38 bits per heavy atom. The fraction of sp³-hybridized carbons (Fsp3) is 0.300. The summed E-state index contributed by atoms with van der Waals surface area (Å²) in [6.45, 7) is 2.08. The third-order valence-corrected chi connectivity index (χ3v) is 2.30. The number of fused-ring (bicyclic) bond motifs is 1. The molecule has 0 saturated heterocycles. The number of pyridine rings is 1. The first-order chi connectivity index (χ1) is 6.33. The highest BCUT2D eigenvalue weighted by atomic mass is 15.2. The van der Waals surface area contributed by atoms with E-state index in [0.717, 1.165) is 17.5 Å². The van der Waals surface area contributed by atoms with E-state index < -0.39 is 0 Å². The molecule has 2 heterocycles. The highest BCUT2D eigenvalue weighted by molar-refractivity contribution is 5.54. The summed E-state index contributed by atoms with van der Waals surface area (Å²) < 4.78 is 1.85. The minimum Gasteiger partial charge on any atom is -0.324 e. The molecule has 0 spiro atoms. The lowest BCUT2D eigenvalue weighted by atomic mass is 10.1. The summed E-state index contributed by atoms with van der Waals surface area (Å²) in [5.74, 6) is 0. The summed E-state index contributed by atoms with van der Waals surface area (Å²) in [6, 6.07) is 6.10. The van der Waals surface area contributed by atoms with Gasteiger partial charge in [-0.2, -0.15) is 5.10 Å². The minimum absolute atomic E-state index is 0.0971. The summed E-state index contributed by atoms with van der Waals surface area (Å²) in [4.78, 5) is 0. The van der Waals surface area contributed by atoms with Crippen LogP contribution in [0.3, 0.4) is 0 Å². The van der Waals surface area contributed by atoms with Gasteiger partial charge in [-0.1, -0.05) is 13.0 Å². The second kappa shape index (κ2) is 3.18. The Labute approximate surface area is 77.2 Å². The molecule has 0 radical (unpaired) electrons. The molecule has 1 unspecified atom stereocenters. The van der Waals surface area contributed by atoms with Gasteiger partial charge in [0.1, 0.15) is 0 Å². The van der Waals surface area contributed by atoms with E-state index in [9.17, 15) is 0 Å². The standard InChI is InChI=1S/C10H13N3/c1-2-9(11)8-7-12-13-6-4-3-5-10(8)13/h3-7,9H,2,11H2,1H3. The molecule has 3 heteroatoms. The zero-order valence-electron chi connectivity index (χ0n) is 7.64. The number of nitrogens with two attached hydrogens (primary N) is 1. The van der Waals surface area contributed by atoms with E-state index in [1.807, 2.05) is 35.1 Å². The van der Waals surface area contributed by atoms with Crippen molar-refractivity contribution in [2.24, 2.45) is 5.73 Å². The average Bonchev–Trinajstić information content (AvgIpc) is 2.60. The Morgan fingerprint density at radius 1 is 1.54 bits per heavy atom. The third-order valence-electron chi connectivity index (χ3n) is 2.30. The highest BCUT2D eigenvalue weighted by Gasteiger charge is 2.08. The first-order valence-corrected chi connectivity index (χ1v) is 4.50. The molecule has 3 nitrogen and oxygen atoms in total. The van der Waals surface area contributed by atoms with Gasteiger partial charge in [-0.05, 0) is 18.6 Å². The van der Waals surface area contributed by atoms with Gasteiger partial charge in [-0.25, -0.2) is 4.52 Å². The second-order valence-electron chi connectivity index (χ2n) is 3.15. The molecule has 0 bridgehead atoms. The molecule has 0 saturated carbocycles. The lowest BCUT2D eigenvalue weighted by Gasteiger charge is -2.05. The largest absolute Gasteiger partial charge is 0.324 e. The van der Waals surface area contributed by atoms with Gasteiger partial charge in [0.2, 0.25) is 0 Å². The lowest BCUT2D eigenvalue weighted by Crippen LogP contribution is -2.07. The van der Waals surface area contributed by atoms with E-state index in [0.29, 0.717) is 0 Å². The molecule has 0 amide bonds. The van der Waals surface area contributed by atoms with Crippen molar-refractivity contribution in [3.8, 4) is 0 Å². The van der Waals surface area contributed by atoms with E-state index in [1.165, 1.54) is 0 Å². The second-order valence-corrected chi connectivity index (χ2v) is 3.15. The van der Waals surface area contributed by atoms with E-state index in [4.69, 9.17) is 5.73 Å². The smallest absolute Gasteiger partial charge is 0.0709 e. The number of nitrogens with zero attached hydrogens (tertiary/aromatic N) is 2. The zero-order chi connectivity index (χ0) is 9.26. The predicted molar refractivity (Wildman–Crippen MR) is 52.4 cm³/mol. The summed E-state index contributed by atoms with van der Waals surface area (Å²) in [5, 5.41) is 4.22. The summed E-state index contributed by atoms with van der Waals surface area (Å²) in [6.07, 6.45) is 4.72. The van der Waals surface area contributed by atoms with Gasteiger partial charge >= 0.3 is 0 Å². The minimum atomic E-state index is 0.0971. The average molecular weight is 175 g/mol. The van der Waals surface area contributed by atoms with Crippen molar-refractivity contribution in [1.29, 1.82) is 0 Å². The molecule has 13 heavy (non-hydrogen) atoms. The summed E-state index contributed by atoms with van der Waals surface area (Å²) in [5.41, 5.74) is 8.19. The number of rotatable bonds is 2. The van der Waals surface area contributed by atoms with Gasteiger partial charge in [0, 0.05) is 17.8 Å². The van der Waals surface area contributed by atoms with Gasteiger partial charge in [0.25, 0.3) is 0 Å². The van der Waals surface area contributed by atoms with E-state index >= 15 is 0 Å². The van der Waals surface area contributed by atoms with Crippen molar-refractivity contribution in [2.75, 3.05) is 0 Å². The predicted octanol–water partition coefficient (Wildman–Crippen LogP) is 1.74. The Kier molecular flexibility index (Phi) is 2.02. The fourth-order valence-corrected chi connectivity index (χ4v) is 1.46. The lowest BCUT2D eigenvalue weighted by molar-refractivity contribution is 0.704. The maximum Gasteiger partial charge on any atom is 0.0709 e. The molecule has 0 aliphatic heterocycles. The number of aromatic nitrogens is 2. The quantitative estimate of drug-likeness (QED) is 0.755. The van der Waals surface area contributed by atoms with E-state index in [2.05, 4.69) is 12.0 Å². The van der Waals surface area contributed by atoms with E-state index in [-0.39, 0.29) is 6.04 Å². The molecule has 0 aliphatic carbocycles. The van der Waals surface area contributed by atoms with Crippen LogP contribution in [0.1, 0.15) is 24.9 Å². The number of hydrogen-bond acceptors (Lipinski definition) is 2. The van der Waals surface area contributed by atoms with Gasteiger partial charge in [-0.15, -0.1) is 0 Å². The highest BCUT2D eigenvalue weighted by Crippen LogP contribution is 2.18. The molecular weight excluding hydrogens is 162 g/mol. The van der Waals surface area contributed by atoms with Crippen LogP contribution < -0.4 is 5.73 Å². The van der Waals surface area contributed by atoms with Gasteiger partial charge in [0.15, 0.2) is 0 Å². The first-order valence-electron chi connectivity index (χ1n) is 4.50. The summed E-state index contributed by atoms with van der Waals surface area (Å²) in [7, 11) is 0. The Balaban J connectivity index is 2.57. The van der Waals surface area contributed by atoms with Crippen molar-refractivity contribution >= 4 is 5.52 Å². The Morgan fingerprint density at radius 3 is 3.15 bits per heavy atom. The molecule has 2 aromatic rings. The maximum atomic E-state index is 5.95. The van der Waals surface area contributed by atoms with Crippen molar-refractivity contribution in [3.05, 3.63) is 36.2 Å². The van der Waals surface area contributed by atoms with Crippen LogP contribution in [0.5, 0.6) is 0 Å². The first kappa shape index (κ1) is 8.26. The monoisotopic (exact) mass is 175 g/mol. The van der Waals surface area contributed by atoms with Crippen LogP contribution in [-0.4, -0.2) is 9.61 Å². The normalized spacial score (nSPS) is 13.4. The molecule has 2 aromatic heterocycles. The van der Waals surface area contributed by atoms with E-state index in [1.54, 1.807) is 0 Å². The third kappa shape index (κ3) is 1.31. The molecule has 0 aromatic carbocycles. The van der Waals surface area contributed by atoms with Crippen molar-refractivity contribution in [3.63, 3.8) is 0 Å². The molecule has 68 valence electrons. The van der Waals surface area contributed by atoms with Crippen LogP contribution in [0, 0.1) is 0 Å². The summed E-state index contributed by atoms with van der Waals surface area (Å²) >= 11 is 0. The Bertz CT molecular complexity index is 405. The van der Waals surface area contributed by atoms with Crippen LogP contribution in [0.25, 0.3) is 5.52 Å². The van der Waals surface area contributed by atoms with Crippen molar-refractivity contribution < 1.29 is 0 Å². The van der Waals surface area contributed by atoms with Gasteiger partial charge in [0.05, 0.1) is 11.7 Å².